The van der Waals surface area contributed by atoms with E-state index in [-0.39, 0.29) is 24.4 Å². The second-order valence-corrected chi connectivity index (χ2v) is 7.90. The molecule has 156 valence electrons. The van der Waals surface area contributed by atoms with Crippen molar-refractivity contribution in [3.05, 3.63) is 42.2 Å². The second kappa shape index (κ2) is 7.28. The normalized spacial score (nSPS) is 23.2. The number of ether oxygens (including phenoxy) is 1. The zero-order valence-electron chi connectivity index (χ0n) is 17.0. The van der Waals surface area contributed by atoms with Crippen LogP contribution >= 0.6 is 0 Å². The fourth-order valence-electron chi connectivity index (χ4n) is 4.39. The van der Waals surface area contributed by atoms with Gasteiger partial charge in [0.1, 0.15) is 24.2 Å². The van der Waals surface area contributed by atoms with Gasteiger partial charge >= 0.3 is 0 Å². The summed E-state index contributed by atoms with van der Waals surface area (Å²) in [5.74, 6) is 0.847. The Bertz CT molecular complexity index is 1040. The van der Waals surface area contributed by atoms with Gasteiger partial charge in [-0.25, -0.2) is 9.82 Å². The average Bonchev–Trinajstić information content (AvgIpc) is 2.76. The van der Waals surface area contributed by atoms with Gasteiger partial charge in [0.15, 0.2) is 5.84 Å². The number of rotatable bonds is 2. The highest BCUT2D eigenvalue weighted by Crippen LogP contribution is 2.44. The number of hydrogen-bond acceptors (Lipinski definition) is 6. The first-order valence-electron chi connectivity index (χ1n) is 10.2. The van der Waals surface area contributed by atoms with Crippen molar-refractivity contribution in [3.63, 3.8) is 0 Å². The molecule has 30 heavy (non-hydrogen) atoms. The number of carbonyl (C=O) groups is 1. The summed E-state index contributed by atoms with van der Waals surface area (Å²) in [6, 6.07) is 10.5. The van der Waals surface area contributed by atoms with Crippen LogP contribution in [0.2, 0.25) is 0 Å². The molecule has 0 aromatic heterocycles. The SMILES string of the molecule is CC1CNCCN1c1cc2c(cc1-c1ccccc1F)OCC1=NNC(=O)[C@@H](C)N12. The van der Waals surface area contributed by atoms with Gasteiger partial charge in [0.2, 0.25) is 0 Å². The number of anilines is 2. The van der Waals surface area contributed by atoms with Gasteiger partial charge in [0, 0.05) is 42.5 Å². The number of nitrogens with zero attached hydrogens (tertiary/aromatic N) is 3. The Labute approximate surface area is 174 Å². The van der Waals surface area contributed by atoms with Crippen LogP contribution in [-0.4, -0.2) is 50.1 Å². The first-order chi connectivity index (χ1) is 14.5. The molecule has 0 bridgehead atoms. The maximum absolute atomic E-state index is 14.8. The van der Waals surface area contributed by atoms with E-state index in [1.54, 1.807) is 12.1 Å². The van der Waals surface area contributed by atoms with Gasteiger partial charge in [0.25, 0.3) is 5.91 Å². The van der Waals surface area contributed by atoms with Gasteiger partial charge in [-0.2, -0.15) is 5.10 Å². The molecule has 3 heterocycles. The number of piperazine rings is 1. The summed E-state index contributed by atoms with van der Waals surface area (Å²) in [4.78, 5) is 16.5. The van der Waals surface area contributed by atoms with Crippen LogP contribution in [0.5, 0.6) is 5.75 Å². The van der Waals surface area contributed by atoms with Crippen LogP contribution in [0.4, 0.5) is 15.8 Å². The Balaban J connectivity index is 1.71. The Morgan fingerprint density at radius 2 is 2.00 bits per heavy atom. The molecule has 3 aliphatic rings. The Morgan fingerprint density at radius 1 is 1.17 bits per heavy atom. The molecule has 0 radical (unpaired) electrons. The smallest absolute Gasteiger partial charge is 0.262 e. The first kappa shape index (κ1) is 18.9. The minimum atomic E-state index is -0.409. The third-order valence-corrected chi connectivity index (χ3v) is 6.01. The highest BCUT2D eigenvalue weighted by atomic mass is 19.1. The standard InChI is InChI=1S/C22H24FN5O2/c1-13-11-24-7-8-27(13)18-10-19-20(9-16(18)15-5-3-4-6-17(15)23)30-12-21-25-26-22(29)14(2)28(19)21/h3-6,9-10,13-14,24H,7-8,11-12H2,1-2H3,(H,26,29)/t13?,14-/m1/s1. The fraction of sp³-hybridized carbons (Fsp3) is 0.364. The van der Waals surface area contributed by atoms with Crippen molar-refractivity contribution < 1.29 is 13.9 Å². The van der Waals surface area contributed by atoms with E-state index in [9.17, 15) is 9.18 Å². The van der Waals surface area contributed by atoms with Crippen LogP contribution in [0.25, 0.3) is 11.1 Å². The molecule has 1 amide bonds. The minimum absolute atomic E-state index is 0.165. The van der Waals surface area contributed by atoms with E-state index in [1.807, 2.05) is 30.0 Å². The van der Waals surface area contributed by atoms with Crippen molar-refractivity contribution in [1.29, 1.82) is 0 Å². The predicted octanol–water partition coefficient (Wildman–Crippen LogP) is 2.32. The van der Waals surface area contributed by atoms with Crippen molar-refractivity contribution >= 4 is 23.1 Å². The summed E-state index contributed by atoms with van der Waals surface area (Å²) in [5, 5.41) is 7.57. The zero-order valence-corrected chi connectivity index (χ0v) is 17.0. The lowest BCUT2D eigenvalue weighted by Crippen LogP contribution is -2.55. The van der Waals surface area contributed by atoms with Gasteiger partial charge < -0.3 is 19.9 Å². The van der Waals surface area contributed by atoms with Gasteiger partial charge in [-0.3, -0.25) is 4.79 Å². The fourth-order valence-corrected chi connectivity index (χ4v) is 4.39. The zero-order chi connectivity index (χ0) is 20.8. The monoisotopic (exact) mass is 409 g/mol. The molecule has 2 N–H and O–H groups in total. The lowest BCUT2D eigenvalue weighted by atomic mass is 9.98. The van der Waals surface area contributed by atoms with Crippen LogP contribution in [0.3, 0.4) is 0 Å². The van der Waals surface area contributed by atoms with Crippen molar-refractivity contribution in [1.82, 2.24) is 10.7 Å². The molecule has 3 aliphatic heterocycles. The summed E-state index contributed by atoms with van der Waals surface area (Å²) >= 11 is 0. The topological polar surface area (TPSA) is 69.2 Å². The predicted molar refractivity (Wildman–Crippen MR) is 115 cm³/mol. The number of hydrazone groups is 1. The highest BCUT2D eigenvalue weighted by molar-refractivity contribution is 6.10. The van der Waals surface area contributed by atoms with Gasteiger partial charge in [-0.1, -0.05) is 18.2 Å². The van der Waals surface area contributed by atoms with Crippen molar-refractivity contribution in [2.75, 3.05) is 36.0 Å². The summed E-state index contributed by atoms with van der Waals surface area (Å²) in [5.41, 5.74) is 5.58. The number of halogens is 1. The highest BCUT2D eigenvalue weighted by Gasteiger charge is 2.36. The van der Waals surface area contributed by atoms with Crippen LogP contribution in [0.15, 0.2) is 41.5 Å². The van der Waals surface area contributed by atoms with E-state index in [0.717, 1.165) is 36.6 Å². The minimum Gasteiger partial charge on any atom is -0.483 e. The van der Waals surface area contributed by atoms with E-state index in [0.29, 0.717) is 17.1 Å². The Kier molecular flexibility index (Phi) is 4.58. The summed E-state index contributed by atoms with van der Waals surface area (Å²) < 4.78 is 20.8. The largest absolute Gasteiger partial charge is 0.483 e. The molecule has 0 spiro atoms. The van der Waals surface area contributed by atoms with E-state index >= 15 is 0 Å². The number of hydrogen-bond donors (Lipinski definition) is 2. The molecular weight excluding hydrogens is 385 g/mol. The maximum atomic E-state index is 14.8. The molecule has 7 nitrogen and oxygen atoms in total. The number of fused-ring (bicyclic) bond motifs is 3. The summed E-state index contributed by atoms with van der Waals surface area (Å²) in [7, 11) is 0. The number of amides is 1. The molecule has 2 aromatic carbocycles. The average molecular weight is 409 g/mol. The third kappa shape index (κ3) is 2.99. The van der Waals surface area contributed by atoms with Gasteiger partial charge in [-0.05, 0) is 32.0 Å². The molecule has 2 aromatic rings. The quantitative estimate of drug-likeness (QED) is 0.797. The Hall–Kier alpha value is -3.13. The first-order valence-corrected chi connectivity index (χ1v) is 10.2. The van der Waals surface area contributed by atoms with E-state index in [2.05, 4.69) is 27.7 Å². The Morgan fingerprint density at radius 3 is 2.80 bits per heavy atom. The van der Waals surface area contributed by atoms with Crippen LogP contribution in [0.1, 0.15) is 13.8 Å². The van der Waals surface area contributed by atoms with Crippen LogP contribution in [-0.2, 0) is 4.79 Å². The van der Waals surface area contributed by atoms with E-state index in [1.165, 1.54) is 6.07 Å². The lowest BCUT2D eigenvalue weighted by molar-refractivity contribution is -0.122. The van der Waals surface area contributed by atoms with Crippen molar-refractivity contribution in [2.24, 2.45) is 5.10 Å². The molecule has 1 fully saturated rings. The maximum Gasteiger partial charge on any atom is 0.262 e. The molecule has 2 atom stereocenters. The lowest BCUT2D eigenvalue weighted by Gasteiger charge is -2.41. The van der Waals surface area contributed by atoms with E-state index < -0.39 is 6.04 Å². The van der Waals surface area contributed by atoms with Gasteiger partial charge in [-0.15, -0.1) is 0 Å². The number of nitrogens with one attached hydrogen (secondary N) is 2. The van der Waals surface area contributed by atoms with E-state index in [4.69, 9.17) is 4.74 Å². The molecule has 8 heteroatoms. The molecule has 5 rings (SSSR count). The number of amidine groups is 1. The van der Waals surface area contributed by atoms with Crippen molar-refractivity contribution in [3.8, 4) is 16.9 Å². The van der Waals surface area contributed by atoms with Crippen LogP contribution in [0, 0.1) is 5.82 Å². The molecule has 1 unspecified atom stereocenters. The third-order valence-electron chi connectivity index (χ3n) is 6.01. The molecule has 1 saturated heterocycles. The number of carbonyl (C=O) groups excluding carboxylic acids is 1. The summed E-state index contributed by atoms with van der Waals surface area (Å²) in [6.45, 7) is 6.74. The molecular formula is C22H24FN5O2. The molecule has 0 saturated carbocycles. The summed E-state index contributed by atoms with van der Waals surface area (Å²) in [6.07, 6.45) is 0. The number of benzene rings is 2. The van der Waals surface area contributed by atoms with Crippen LogP contribution < -0.4 is 25.3 Å². The second-order valence-electron chi connectivity index (χ2n) is 7.90. The van der Waals surface area contributed by atoms with Crippen molar-refractivity contribution in [2.45, 2.75) is 25.9 Å². The van der Waals surface area contributed by atoms with Gasteiger partial charge in [0.05, 0.1) is 5.69 Å². The molecule has 0 aliphatic carbocycles.